The molecule has 0 spiro atoms. The van der Waals surface area contributed by atoms with Crippen molar-refractivity contribution in [2.45, 2.75) is 58.2 Å². The Hall–Kier alpha value is -0.450. The fraction of sp³-hybridized carbons (Fsp3) is 0.786. The largest absolute Gasteiger partial charge is 0.308 e. The lowest BCUT2D eigenvalue weighted by Crippen LogP contribution is -2.63. The van der Waals surface area contributed by atoms with Gasteiger partial charge in [-0.1, -0.05) is 13.8 Å². The molecule has 102 valence electrons. The molecule has 3 nitrogen and oxygen atoms in total. The summed E-state index contributed by atoms with van der Waals surface area (Å²) in [5.74, 6) is 0. The first kappa shape index (κ1) is 14.0. The molecule has 1 saturated heterocycles. The van der Waals surface area contributed by atoms with E-state index < -0.39 is 0 Å². The normalized spacial score (nSPS) is 26.1. The van der Waals surface area contributed by atoms with Crippen LogP contribution in [0.4, 0.5) is 0 Å². The molecule has 0 aromatic carbocycles. The maximum absolute atomic E-state index is 4.48. The van der Waals surface area contributed by atoms with Crippen LogP contribution in [-0.2, 0) is 0 Å². The van der Waals surface area contributed by atoms with Crippen molar-refractivity contribution in [1.29, 1.82) is 0 Å². The first-order chi connectivity index (χ1) is 8.62. The molecule has 2 heterocycles. The molecule has 0 aliphatic carbocycles. The Bertz CT molecular complexity index is 359. The van der Waals surface area contributed by atoms with E-state index in [0.717, 1.165) is 13.1 Å². The van der Waals surface area contributed by atoms with Crippen molar-refractivity contribution in [2.75, 3.05) is 13.1 Å². The fourth-order valence-corrected chi connectivity index (χ4v) is 3.58. The smallest absolute Gasteiger partial charge is 0.109 e. The Balaban J connectivity index is 2.15. The number of aromatic nitrogens is 1. The molecule has 1 N–H and O–H groups in total. The van der Waals surface area contributed by atoms with Crippen LogP contribution in [0, 0.1) is 0 Å². The quantitative estimate of drug-likeness (QED) is 0.909. The summed E-state index contributed by atoms with van der Waals surface area (Å²) in [6, 6.07) is 1.01. The second-order valence-electron chi connectivity index (χ2n) is 5.44. The van der Waals surface area contributed by atoms with Crippen molar-refractivity contribution in [2.24, 2.45) is 0 Å². The van der Waals surface area contributed by atoms with Gasteiger partial charge < -0.3 is 5.32 Å². The summed E-state index contributed by atoms with van der Waals surface area (Å²) >= 11 is 1.77. The molecule has 1 aromatic rings. The Morgan fingerprint density at radius 3 is 2.83 bits per heavy atom. The molecule has 0 saturated carbocycles. The van der Waals surface area contributed by atoms with Crippen molar-refractivity contribution in [3.05, 3.63) is 16.6 Å². The van der Waals surface area contributed by atoms with Crippen LogP contribution >= 0.6 is 11.3 Å². The van der Waals surface area contributed by atoms with Gasteiger partial charge in [-0.25, -0.2) is 4.98 Å². The van der Waals surface area contributed by atoms with Gasteiger partial charge in [-0.15, -0.1) is 11.3 Å². The first-order valence-electron chi connectivity index (χ1n) is 7.02. The predicted octanol–water partition coefficient (Wildman–Crippen LogP) is 3.06. The number of hydrogen-bond donors (Lipinski definition) is 1. The zero-order valence-electron chi connectivity index (χ0n) is 11.9. The van der Waals surface area contributed by atoms with Gasteiger partial charge in [0, 0.05) is 36.2 Å². The summed E-state index contributed by atoms with van der Waals surface area (Å²) in [7, 11) is 0. The predicted molar refractivity (Wildman–Crippen MR) is 78.0 cm³/mol. The van der Waals surface area contributed by atoms with Crippen LogP contribution in [0.3, 0.4) is 0 Å². The molecule has 0 amide bonds. The summed E-state index contributed by atoms with van der Waals surface area (Å²) in [4.78, 5) is 7.10. The lowest BCUT2D eigenvalue weighted by molar-refractivity contribution is 0.0496. The maximum Gasteiger partial charge on any atom is 0.109 e. The summed E-state index contributed by atoms with van der Waals surface area (Å²) in [5.41, 5.74) is 0.290. The van der Waals surface area contributed by atoms with E-state index in [2.05, 4.69) is 48.3 Å². The molecule has 2 atom stereocenters. The van der Waals surface area contributed by atoms with Crippen LogP contribution in [0.5, 0.6) is 0 Å². The highest BCUT2D eigenvalue weighted by atomic mass is 32.1. The van der Waals surface area contributed by atoms with Crippen molar-refractivity contribution in [3.8, 4) is 0 Å². The van der Waals surface area contributed by atoms with Crippen molar-refractivity contribution in [3.63, 3.8) is 0 Å². The molecule has 4 heteroatoms. The minimum Gasteiger partial charge on any atom is -0.308 e. The van der Waals surface area contributed by atoms with E-state index in [9.17, 15) is 0 Å². The van der Waals surface area contributed by atoms with Crippen LogP contribution in [0.15, 0.2) is 11.6 Å². The number of piperazine rings is 1. The van der Waals surface area contributed by atoms with Gasteiger partial charge in [0.2, 0.25) is 0 Å². The van der Waals surface area contributed by atoms with Gasteiger partial charge in [0.15, 0.2) is 0 Å². The molecule has 0 bridgehead atoms. The van der Waals surface area contributed by atoms with E-state index in [-0.39, 0.29) is 5.54 Å². The van der Waals surface area contributed by atoms with Crippen LogP contribution in [-0.4, -0.2) is 34.6 Å². The zero-order chi connectivity index (χ0) is 13.2. The Morgan fingerprint density at radius 1 is 1.56 bits per heavy atom. The SMILES string of the molecule is CCC1(CC)CN(C(C)c2nccs2)C(C)CN1. The van der Waals surface area contributed by atoms with Crippen molar-refractivity contribution >= 4 is 11.3 Å². The third-order valence-electron chi connectivity index (χ3n) is 4.48. The van der Waals surface area contributed by atoms with Crippen molar-refractivity contribution < 1.29 is 0 Å². The number of nitrogens with one attached hydrogen (secondary N) is 1. The second-order valence-corrected chi connectivity index (χ2v) is 6.36. The van der Waals surface area contributed by atoms with E-state index in [1.165, 1.54) is 17.8 Å². The molecule has 18 heavy (non-hydrogen) atoms. The average molecular weight is 267 g/mol. The minimum absolute atomic E-state index is 0.290. The van der Waals surface area contributed by atoms with E-state index in [1.54, 1.807) is 11.3 Å². The van der Waals surface area contributed by atoms with E-state index in [1.807, 2.05) is 6.20 Å². The van der Waals surface area contributed by atoms with Crippen molar-refractivity contribution in [1.82, 2.24) is 15.2 Å². The molecule has 1 fully saturated rings. The monoisotopic (exact) mass is 267 g/mol. The Kier molecular flexibility index (Phi) is 4.41. The molecular weight excluding hydrogens is 242 g/mol. The van der Waals surface area contributed by atoms with Gasteiger partial charge >= 0.3 is 0 Å². The van der Waals surface area contributed by atoms with Crippen LogP contribution in [0.25, 0.3) is 0 Å². The second kappa shape index (κ2) is 5.68. The van der Waals surface area contributed by atoms with Gasteiger partial charge in [0.05, 0.1) is 6.04 Å². The highest BCUT2D eigenvalue weighted by Crippen LogP contribution is 2.30. The van der Waals surface area contributed by atoms with E-state index in [4.69, 9.17) is 0 Å². The molecule has 2 rings (SSSR count). The molecule has 1 aliphatic heterocycles. The number of hydrogen-bond acceptors (Lipinski definition) is 4. The minimum atomic E-state index is 0.290. The third-order valence-corrected chi connectivity index (χ3v) is 5.43. The topological polar surface area (TPSA) is 28.2 Å². The van der Waals surface area contributed by atoms with E-state index >= 15 is 0 Å². The summed E-state index contributed by atoms with van der Waals surface area (Å²) in [6.45, 7) is 11.4. The molecule has 1 aromatic heterocycles. The van der Waals surface area contributed by atoms with Crippen LogP contribution in [0.1, 0.15) is 51.6 Å². The van der Waals surface area contributed by atoms with Gasteiger partial charge in [-0.3, -0.25) is 4.90 Å². The van der Waals surface area contributed by atoms with Crippen LogP contribution < -0.4 is 5.32 Å². The van der Waals surface area contributed by atoms with Gasteiger partial charge in [-0.2, -0.15) is 0 Å². The zero-order valence-corrected chi connectivity index (χ0v) is 12.8. The summed E-state index contributed by atoms with van der Waals surface area (Å²) < 4.78 is 0. The van der Waals surface area contributed by atoms with Crippen LogP contribution in [0.2, 0.25) is 0 Å². The number of nitrogens with zero attached hydrogens (tertiary/aromatic N) is 2. The molecule has 2 unspecified atom stereocenters. The first-order valence-corrected chi connectivity index (χ1v) is 7.90. The number of rotatable bonds is 4. The highest BCUT2D eigenvalue weighted by Gasteiger charge is 2.37. The molecule has 0 radical (unpaired) electrons. The average Bonchev–Trinajstić information content (AvgIpc) is 2.93. The van der Waals surface area contributed by atoms with Gasteiger partial charge in [0.25, 0.3) is 0 Å². The number of thiazole rings is 1. The third kappa shape index (κ3) is 2.60. The lowest BCUT2D eigenvalue weighted by atomic mass is 9.88. The van der Waals surface area contributed by atoms with Gasteiger partial charge in [-0.05, 0) is 26.7 Å². The standard InChI is InChI=1S/C14H25N3S/c1-5-14(6-2)10-17(11(3)9-16-14)12(4)13-15-7-8-18-13/h7-8,11-12,16H,5-6,9-10H2,1-4H3. The Labute approximate surface area is 115 Å². The Morgan fingerprint density at radius 2 is 2.28 bits per heavy atom. The lowest BCUT2D eigenvalue weighted by Gasteiger charge is -2.48. The van der Waals surface area contributed by atoms with Gasteiger partial charge in [0.1, 0.15) is 5.01 Å². The molecular formula is C14H25N3S. The fourth-order valence-electron chi connectivity index (χ4n) is 2.87. The highest BCUT2D eigenvalue weighted by molar-refractivity contribution is 7.09. The maximum atomic E-state index is 4.48. The summed E-state index contributed by atoms with van der Waals surface area (Å²) in [6.07, 6.45) is 4.30. The summed E-state index contributed by atoms with van der Waals surface area (Å²) in [5, 5.41) is 7.07. The van der Waals surface area contributed by atoms with E-state index in [0.29, 0.717) is 12.1 Å². The molecule has 1 aliphatic rings.